The fraction of sp³-hybridized carbons (Fsp3) is 0.500. The Morgan fingerprint density at radius 2 is 2.00 bits per heavy atom. The third-order valence-electron chi connectivity index (χ3n) is 5.95. The summed E-state index contributed by atoms with van der Waals surface area (Å²) in [5, 5.41) is 13.7. The monoisotopic (exact) mass is 318 g/mol. The van der Waals surface area contributed by atoms with Crippen LogP contribution in [0.2, 0.25) is 0 Å². The predicted molar refractivity (Wildman–Crippen MR) is 79.8 cm³/mol. The molecule has 7 heteroatoms. The highest BCUT2D eigenvalue weighted by atomic mass is 16.4. The van der Waals surface area contributed by atoms with Crippen LogP contribution in [0.3, 0.4) is 0 Å². The minimum atomic E-state index is -1.38. The van der Waals surface area contributed by atoms with E-state index in [-0.39, 0.29) is 17.3 Å². The number of carbonyl (C=O) groups excluding carboxylic acids is 2. The van der Waals surface area contributed by atoms with E-state index in [9.17, 15) is 19.5 Å². The van der Waals surface area contributed by atoms with Gasteiger partial charge in [-0.05, 0) is 30.4 Å². The van der Waals surface area contributed by atoms with Crippen molar-refractivity contribution in [1.29, 1.82) is 0 Å². The Morgan fingerprint density at radius 1 is 1.30 bits per heavy atom. The van der Waals surface area contributed by atoms with Crippen molar-refractivity contribution in [3.63, 3.8) is 0 Å². The van der Waals surface area contributed by atoms with Crippen molar-refractivity contribution in [1.82, 2.24) is 5.43 Å². The van der Waals surface area contributed by atoms with Crippen molar-refractivity contribution in [2.75, 3.05) is 0 Å². The first-order chi connectivity index (χ1) is 10.7. The summed E-state index contributed by atoms with van der Waals surface area (Å²) in [6.45, 7) is 5.34. The molecular weight excluding hydrogens is 300 g/mol. The van der Waals surface area contributed by atoms with Crippen molar-refractivity contribution in [2.45, 2.75) is 33.6 Å². The number of Topliss-reactive ketones (excluding diaryl/α,β-unsaturated/α-hetero) is 1. The Bertz CT molecular complexity index is 734. The van der Waals surface area contributed by atoms with Gasteiger partial charge in [-0.3, -0.25) is 14.4 Å². The van der Waals surface area contributed by atoms with Crippen LogP contribution in [0.25, 0.3) is 0 Å². The molecule has 2 atom stereocenters. The Morgan fingerprint density at radius 3 is 2.57 bits per heavy atom. The van der Waals surface area contributed by atoms with Crippen LogP contribution in [0.1, 0.15) is 44.2 Å². The summed E-state index contributed by atoms with van der Waals surface area (Å²) in [4.78, 5) is 36.7. The number of nitrogens with zero attached hydrogens (tertiary/aromatic N) is 1. The molecule has 2 aliphatic carbocycles. The van der Waals surface area contributed by atoms with Crippen LogP contribution >= 0.6 is 0 Å². The normalized spacial score (nSPS) is 33.2. The highest BCUT2D eigenvalue weighted by Crippen LogP contribution is 2.69. The number of hydrogen-bond acceptors (Lipinski definition) is 5. The topological polar surface area (TPSA) is 109 Å². The number of rotatable bonds is 3. The van der Waals surface area contributed by atoms with Crippen LogP contribution < -0.4 is 5.43 Å². The van der Waals surface area contributed by atoms with Crippen LogP contribution in [0.4, 0.5) is 0 Å². The maximum Gasteiger partial charge on any atom is 0.316 e. The Kier molecular flexibility index (Phi) is 3.05. The molecule has 2 fully saturated rings. The van der Waals surface area contributed by atoms with Crippen LogP contribution in [0.5, 0.6) is 0 Å². The van der Waals surface area contributed by atoms with E-state index in [1.807, 2.05) is 0 Å². The Labute approximate surface area is 132 Å². The van der Waals surface area contributed by atoms with E-state index in [1.165, 1.54) is 12.3 Å². The van der Waals surface area contributed by atoms with Gasteiger partial charge in [0.1, 0.15) is 11.1 Å². The van der Waals surface area contributed by atoms with Crippen molar-refractivity contribution >= 4 is 23.4 Å². The summed E-state index contributed by atoms with van der Waals surface area (Å²) in [6, 6.07) is 3.00. The third kappa shape index (κ3) is 1.64. The summed E-state index contributed by atoms with van der Waals surface area (Å²) in [5.41, 5.74) is -0.784. The van der Waals surface area contributed by atoms with Crippen molar-refractivity contribution in [3.8, 4) is 0 Å². The number of carboxylic acids is 1. The van der Waals surface area contributed by atoms with Gasteiger partial charge in [0.25, 0.3) is 0 Å². The lowest BCUT2D eigenvalue weighted by molar-refractivity contribution is -0.149. The molecule has 2 saturated carbocycles. The number of aliphatic carboxylic acids is 1. The molecule has 0 radical (unpaired) electrons. The number of hydrogen-bond donors (Lipinski definition) is 2. The lowest BCUT2D eigenvalue weighted by atomic mass is 9.65. The van der Waals surface area contributed by atoms with E-state index in [2.05, 4.69) is 10.5 Å². The van der Waals surface area contributed by atoms with Crippen molar-refractivity contribution < 1.29 is 23.9 Å². The van der Waals surface area contributed by atoms with Gasteiger partial charge in [0.2, 0.25) is 0 Å². The molecule has 122 valence electrons. The second-order valence-corrected chi connectivity index (χ2v) is 6.88. The van der Waals surface area contributed by atoms with E-state index in [1.54, 1.807) is 26.8 Å². The quantitative estimate of drug-likeness (QED) is 0.827. The number of nitrogens with one attached hydrogen (secondary N) is 1. The smallest absolute Gasteiger partial charge is 0.316 e. The molecule has 23 heavy (non-hydrogen) atoms. The van der Waals surface area contributed by atoms with Gasteiger partial charge in [-0.1, -0.05) is 20.8 Å². The molecule has 2 aliphatic rings. The molecule has 1 amide bonds. The Balaban J connectivity index is 2.02. The van der Waals surface area contributed by atoms with E-state index >= 15 is 0 Å². The molecule has 0 unspecified atom stereocenters. The molecule has 0 spiro atoms. The standard InChI is InChI=1S/C16H18N2O5/c1-14(2)15(3)6-7-16(14,13(21)22)10(11(15)19)17-18-12(20)9-5-4-8-23-9/h4-5,8H,6-7H2,1-3H3,(H,18,20)(H,21,22)/b17-10+/t15-,16-/m1/s1. The van der Waals surface area contributed by atoms with Gasteiger partial charge in [0.05, 0.1) is 6.26 Å². The van der Waals surface area contributed by atoms with Crippen molar-refractivity contribution in [3.05, 3.63) is 24.2 Å². The van der Waals surface area contributed by atoms with Gasteiger partial charge in [-0.25, -0.2) is 5.43 Å². The molecule has 7 nitrogen and oxygen atoms in total. The second kappa shape index (κ2) is 4.53. The van der Waals surface area contributed by atoms with Gasteiger partial charge in [0.15, 0.2) is 11.5 Å². The maximum absolute atomic E-state index is 12.7. The van der Waals surface area contributed by atoms with Crippen LogP contribution in [-0.2, 0) is 9.59 Å². The zero-order valence-electron chi connectivity index (χ0n) is 13.2. The lowest BCUT2D eigenvalue weighted by Gasteiger charge is -2.36. The average Bonchev–Trinajstić information content (AvgIpc) is 3.10. The Hall–Kier alpha value is -2.44. The number of fused-ring (bicyclic) bond motifs is 2. The summed E-state index contributed by atoms with van der Waals surface area (Å²) in [7, 11) is 0. The highest BCUT2D eigenvalue weighted by Gasteiger charge is 2.77. The molecule has 1 aromatic rings. The minimum Gasteiger partial charge on any atom is -0.481 e. The van der Waals surface area contributed by atoms with Crippen LogP contribution in [0.15, 0.2) is 27.9 Å². The van der Waals surface area contributed by atoms with Crippen LogP contribution in [-0.4, -0.2) is 28.5 Å². The van der Waals surface area contributed by atoms with Crippen molar-refractivity contribution in [2.24, 2.45) is 21.3 Å². The molecule has 2 N–H and O–H groups in total. The molecule has 0 aliphatic heterocycles. The highest BCUT2D eigenvalue weighted by molar-refractivity contribution is 6.50. The minimum absolute atomic E-state index is 0.0415. The van der Waals surface area contributed by atoms with E-state index in [0.717, 1.165) is 0 Å². The SMILES string of the molecule is CC1(C)[C@]2(C(=O)O)CC[C@]1(C)C(=O)/C2=N\NC(=O)c1ccco1. The number of hydrazone groups is 1. The summed E-state index contributed by atoms with van der Waals surface area (Å²) < 4.78 is 4.95. The first-order valence-corrected chi connectivity index (χ1v) is 7.39. The maximum atomic E-state index is 12.7. The molecular formula is C16H18N2O5. The van der Waals surface area contributed by atoms with Crippen LogP contribution in [0, 0.1) is 16.2 Å². The third-order valence-corrected chi connectivity index (χ3v) is 5.95. The van der Waals surface area contributed by atoms with Gasteiger partial charge in [-0.15, -0.1) is 0 Å². The van der Waals surface area contributed by atoms with E-state index in [4.69, 9.17) is 4.42 Å². The molecule has 0 aromatic carbocycles. The summed E-state index contributed by atoms with van der Waals surface area (Å²) >= 11 is 0. The van der Waals surface area contributed by atoms with Gasteiger partial charge < -0.3 is 9.52 Å². The molecule has 3 rings (SSSR count). The van der Waals surface area contributed by atoms with Gasteiger partial charge >= 0.3 is 11.9 Å². The first kappa shape index (κ1) is 15.5. The predicted octanol–water partition coefficient (Wildman–Crippen LogP) is 1.85. The molecule has 2 bridgehead atoms. The van der Waals surface area contributed by atoms with E-state index in [0.29, 0.717) is 12.8 Å². The molecule has 1 heterocycles. The largest absolute Gasteiger partial charge is 0.481 e. The van der Waals surface area contributed by atoms with E-state index < -0.39 is 28.1 Å². The number of carboxylic acid groups (broad SMARTS) is 1. The molecule has 0 saturated heterocycles. The second-order valence-electron chi connectivity index (χ2n) is 6.88. The fourth-order valence-electron chi connectivity index (χ4n) is 3.99. The number of carbonyl (C=O) groups is 3. The summed E-state index contributed by atoms with van der Waals surface area (Å²) in [5.74, 6) is -1.97. The summed E-state index contributed by atoms with van der Waals surface area (Å²) in [6.07, 6.45) is 2.16. The zero-order valence-corrected chi connectivity index (χ0v) is 13.2. The first-order valence-electron chi connectivity index (χ1n) is 7.39. The average molecular weight is 318 g/mol. The number of amides is 1. The number of furan rings is 1. The molecule has 1 aromatic heterocycles. The fourth-order valence-corrected chi connectivity index (χ4v) is 3.99. The zero-order chi connectivity index (χ0) is 17.0. The van der Waals surface area contributed by atoms with Gasteiger partial charge in [-0.2, -0.15) is 5.10 Å². The lowest BCUT2D eigenvalue weighted by Crippen LogP contribution is -2.45. The number of ketones is 1. The van der Waals surface area contributed by atoms with Gasteiger partial charge in [0, 0.05) is 5.41 Å².